The zero-order valence-corrected chi connectivity index (χ0v) is 14.6. The lowest BCUT2D eigenvalue weighted by Crippen LogP contribution is -2.46. The Morgan fingerprint density at radius 3 is 2.46 bits per heavy atom. The molecule has 2 saturated heterocycles. The molecule has 0 bridgehead atoms. The number of likely N-dealkylation sites (tertiary alicyclic amines) is 1. The van der Waals surface area contributed by atoms with Crippen LogP contribution in [-0.2, 0) is 9.53 Å². The maximum atomic E-state index is 12.6. The maximum Gasteiger partial charge on any atom is 0.225 e. The van der Waals surface area contributed by atoms with Gasteiger partial charge in [0.15, 0.2) is 0 Å². The van der Waals surface area contributed by atoms with Gasteiger partial charge in [0.25, 0.3) is 0 Å². The van der Waals surface area contributed by atoms with Crippen molar-refractivity contribution in [1.82, 2.24) is 9.80 Å². The number of hydrogen-bond acceptors (Lipinski definition) is 3. The van der Waals surface area contributed by atoms with E-state index in [2.05, 4.69) is 42.2 Å². The van der Waals surface area contributed by atoms with Gasteiger partial charge in [-0.2, -0.15) is 0 Å². The second-order valence-corrected chi connectivity index (χ2v) is 6.89. The molecule has 4 nitrogen and oxygen atoms in total. The van der Waals surface area contributed by atoms with E-state index in [1.54, 1.807) is 0 Å². The number of amides is 1. The average Bonchev–Trinajstić information content (AvgIpc) is 2.63. The summed E-state index contributed by atoms with van der Waals surface area (Å²) in [4.78, 5) is 17.0. The fourth-order valence-electron chi connectivity index (χ4n) is 3.61. The van der Waals surface area contributed by atoms with E-state index in [1.165, 1.54) is 11.1 Å². The fourth-order valence-corrected chi connectivity index (χ4v) is 3.61. The number of piperidine rings is 1. The summed E-state index contributed by atoms with van der Waals surface area (Å²) >= 11 is 0. The van der Waals surface area contributed by atoms with E-state index in [-0.39, 0.29) is 5.92 Å². The van der Waals surface area contributed by atoms with Crippen LogP contribution in [0.4, 0.5) is 0 Å². The van der Waals surface area contributed by atoms with Crippen LogP contribution in [0, 0.1) is 5.92 Å². The highest BCUT2D eigenvalue weighted by Gasteiger charge is 2.29. The second-order valence-electron chi connectivity index (χ2n) is 6.89. The minimum Gasteiger partial charge on any atom is -0.378 e. The van der Waals surface area contributed by atoms with Crippen molar-refractivity contribution in [2.45, 2.75) is 19.8 Å². The monoisotopic (exact) mass is 328 g/mol. The van der Waals surface area contributed by atoms with E-state index < -0.39 is 0 Å². The largest absolute Gasteiger partial charge is 0.378 e. The molecule has 2 aliphatic heterocycles. The molecule has 1 aromatic carbocycles. The predicted molar refractivity (Wildman–Crippen MR) is 96.7 cm³/mol. The number of nitrogens with zero attached hydrogens (tertiary/aromatic N) is 2. The van der Waals surface area contributed by atoms with Crippen LogP contribution in [0.2, 0.25) is 0 Å². The highest BCUT2D eigenvalue weighted by Crippen LogP contribution is 2.21. The van der Waals surface area contributed by atoms with Crippen LogP contribution in [0.5, 0.6) is 0 Å². The van der Waals surface area contributed by atoms with Crippen molar-refractivity contribution in [2.24, 2.45) is 5.92 Å². The number of hydrogen-bond donors (Lipinski definition) is 0. The minimum absolute atomic E-state index is 0.206. The predicted octanol–water partition coefficient (Wildman–Crippen LogP) is 2.66. The molecule has 2 fully saturated rings. The summed E-state index contributed by atoms with van der Waals surface area (Å²) in [6.07, 6.45) is 4.22. The lowest BCUT2D eigenvalue weighted by molar-refractivity contribution is -0.141. The van der Waals surface area contributed by atoms with Gasteiger partial charge in [-0.25, -0.2) is 0 Å². The van der Waals surface area contributed by atoms with Crippen LogP contribution in [0.15, 0.2) is 35.9 Å². The van der Waals surface area contributed by atoms with Crippen LogP contribution in [0.1, 0.15) is 25.3 Å². The molecular weight excluding hydrogens is 300 g/mol. The van der Waals surface area contributed by atoms with Crippen LogP contribution < -0.4 is 0 Å². The second kappa shape index (κ2) is 8.45. The Bertz CT molecular complexity index is 556. The van der Waals surface area contributed by atoms with Gasteiger partial charge in [0, 0.05) is 25.6 Å². The summed E-state index contributed by atoms with van der Waals surface area (Å²) in [6, 6.07) is 10.5. The molecule has 0 aliphatic carbocycles. The molecule has 0 unspecified atom stereocenters. The van der Waals surface area contributed by atoms with Gasteiger partial charge in [-0.3, -0.25) is 9.69 Å². The first kappa shape index (κ1) is 17.2. The Hall–Kier alpha value is -1.65. The minimum atomic E-state index is 0.206. The molecule has 1 amide bonds. The molecule has 1 aromatic rings. The molecule has 2 aliphatic rings. The lowest BCUT2D eigenvalue weighted by Gasteiger charge is -2.35. The molecule has 0 spiro atoms. The van der Waals surface area contributed by atoms with Crippen LogP contribution in [0.3, 0.4) is 0 Å². The number of benzene rings is 1. The molecule has 2 heterocycles. The van der Waals surface area contributed by atoms with Crippen molar-refractivity contribution in [1.29, 1.82) is 0 Å². The third kappa shape index (κ3) is 4.68. The number of ether oxygens (including phenoxy) is 1. The fraction of sp³-hybridized carbons (Fsp3) is 0.550. The first-order valence-corrected chi connectivity index (χ1v) is 9.03. The maximum absolute atomic E-state index is 12.6. The molecule has 3 rings (SSSR count). The van der Waals surface area contributed by atoms with E-state index in [0.29, 0.717) is 19.1 Å². The van der Waals surface area contributed by atoms with Gasteiger partial charge in [0.05, 0.1) is 13.2 Å². The topological polar surface area (TPSA) is 32.8 Å². The molecule has 24 heavy (non-hydrogen) atoms. The van der Waals surface area contributed by atoms with Crippen molar-refractivity contribution < 1.29 is 9.53 Å². The van der Waals surface area contributed by atoms with Crippen molar-refractivity contribution in [3.05, 3.63) is 41.5 Å². The summed E-state index contributed by atoms with van der Waals surface area (Å²) in [5.41, 5.74) is 2.63. The molecular formula is C20H28N2O2. The first-order valence-electron chi connectivity index (χ1n) is 9.03. The first-order chi connectivity index (χ1) is 11.7. The molecule has 130 valence electrons. The van der Waals surface area contributed by atoms with Crippen molar-refractivity contribution in [2.75, 3.05) is 45.9 Å². The van der Waals surface area contributed by atoms with Gasteiger partial charge in [0.1, 0.15) is 0 Å². The molecule has 0 atom stereocenters. The highest BCUT2D eigenvalue weighted by molar-refractivity contribution is 5.79. The Morgan fingerprint density at radius 2 is 1.79 bits per heavy atom. The van der Waals surface area contributed by atoms with Crippen LogP contribution in [-0.4, -0.2) is 61.6 Å². The highest BCUT2D eigenvalue weighted by atomic mass is 16.5. The Labute approximate surface area is 145 Å². The van der Waals surface area contributed by atoms with Gasteiger partial charge in [0.2, 0.25) is 5.91 Å². The van der Waals surface area contributed by atoms with Gasteiger partial charge in [-0.1, -0.05) is 42.0 Å². The van der Waals surface area contributed by atoms with Gasteiger partial charge < -0.3 is 9.64 Å². The Morgan fingerprint density at radius 1 is 1.12 bits per heavy atom. The smallest absolute Gasteiger partial charge is 0.225 e. The molecule has 0 saturated carbocycles. The standard InChI is InChI=1S/C20H28N2O2/c1-17(15-18-5-3-2-4-6-18)16-21-9-7-19(8-10-21)20(23)22-11-13-24-14-12-22/h2-6,15,19H,7-14,16H2,1H3. The van der Waals surface area contributed by atoms with Gasteiger partial charge in [-0.15, -0.1) is 0 Å². The van der Waals surface area contributed by atoms with E-state index in [9.17, 15) is 4.79 Å². The number of carbonyl (C=O) groups excluding carboxylic acids is 1. The lowest BCUT2D eigenvalue weighted by atomic mass is 9.94. The molecule has 0 radical (unpaired) electrons. The van der Waals surface area contributed by atoms with E-state index >= 15 is 0 Å². The van der Waals surface area contributed by atoms with Crippen LogP contribution in [0.25, 0.3) is 6.08 Å². The van der Waals surface area contributed by atoms with E-state index in [1.807, 2.05) is 11.0 Å². The van der Waals surface area contributed by atoms with Crippen LogP contribution >= 0.6 is 0 Å². The van der Waals surface area contributed by atoms with Gasteiger partial charge >= 0.3 is 0 Å². The van der Waals surface area contributed by atoms with Crippen molar-refractivity contribution in [3.8, 4) is 0 Å². The molecule has 4 heteroatoms. The summed E-state index contributed by atoms with van der Waals surface area (Å²) in [5, 5.41) is 0. The third-order valence-electron chi connectivity index (χ3n) is 4.95. The summed E-state index contributed by atoms with van der Waals surface area (Å²) < 4.78 is 5.34. The normalized spacial score (nSPS) is 21.0. The molecule has 0 N–H and O–H groups in total. The van der Waals surface area contributed by atoms with E-state index in [0.717, 1.165) is 45.6 Å². The summed E-state index contributed by atoms with van der Waals surface area (Å²) in [7, 11) is 0. The number of morpholine rings is 1. The van der Waals surface area contributed by atoms with Gasteiger partial charge in [-0.05, 0) is 38.4 Å². The molecule has 0 aromatic heterocycles. The number of rotatable bonds is 4. The zero-order chi connectivity index (χ0) is 16.8. The SMILES string of the molecule is CC(=Cc1ccccc1)CN1CCC(C(=O)N2CCOCC2)CC1. The summed E-state index contributed by atoms with van der Waals surface area (Å²) in [5.74, 6) is 0.548. The average molecular weight is 328 g/mol. The number of carbonyl (C=O) groups is 1. The quantitative estimate of drug-likeness (QED) is 0.852. The Kier molecular flexibility index (Phi) is 6.05. The zero-order valence-electron chi connectivity index (χ0n) is 14.6. The Balaban J connectivity index is 1.46. The van der Waals surface area contributed by atoms with Crippen molar-refractivity contribution in [3.63, 3.8) is 0 Å². The summed E-state index contributed by atoms with van der Waals surface area (Å²) in [6.45, 7) is 8.12. The van der Waals surface area contributed by atoms with E-state index in [4.69, 9.17) is 4.74 Å². The van der Waals surface area contributed by atoms with Crippen molar-refractivity contribution >= 4 is 12.0 Å². The third-order valence-corrected chi connectivity index (χ3v) is 4.95.